The molecule has 0 aromatic heterocycles. The zero-order valence-corrected chi connectivity index (χ0v) is 8.81. The van der Waals surface area contributed by atoms with Gasteiger partial charge in [0.1, 0.15) is 0 Å². The summed E-state index contributed by atoms with van der Waals surface area (Å²) in [6.45, 7) is 3.93. The molecule has 0 radical (unpaired) electrons. The molecule has 0 fully saturated rings. The van der Waals surface area contributed by atoms with Crippen molar-refractivity contribution in [3.63, 3.8) is 0 Å². The summed E-state index contributed by atoms with van der Waals surface area (Å²) in [5, 5.41) is 0.774. The van der Waals surface area contributed by atoms with E-state index >= 15 is 0 Å². The van der Waals surface area contributed by atoms with E-state index in [0.717, 1.165) is 21.8 Å². The van der Waals surface area contributed by atoms with Gasteiger partial charge >= 0.3 is 0 Å². The molecule has 0 N–H and O–H groups in total. The van der Waals surface area contributed by atoms with E-state index < -0.39 is 0 Å². The van der Waals surface area contributed by atoms with Gasteiger partial charge in [-0.3, -0.25) is 4.99 Å². The highest BCUT2D eigenvalue weighted by Gasteiger charge is 2.02. The van der Waals surface area contributed by atoms with Gasteiger partial charge in [-0.25, -0.2) is 0 Å². The zero-order chi connectivity index (χ0) is 9.84. The normalized spacial score (nSPS) is 17.5. The van der Waals surface area contributed by atoms with Crippen LogP contribution in [0.2, 0.25) is 0 Å². The van der Waals surface area contributed by atoms with Crippen molar-refractivity contribution in [3.05, 3.63) is 39.6 Å². The summed E-state index contributed by atoms with van der Waals surface area (Å²) in [4.78, 5) is 3.95. The van der Waals surface area contributed by atoms with E-state index in [2.05, 4.69) is 10.7 Å². The summed E-state index contributed by atoms with van der Waals surface area (Å²) in [6.07, 6.45) is 5.68. The molecular formula is C11H12ClN. The van der Waals surface area contributed by atoms with E-state index in [0.29, 0.717) is 0 Å². The van der Waals surface area contributed by atoms with E-state index in [1.54, 1.807) is 13.3 Å². The van der Waals surface area contributed by atoms with Crippen molar-refractivity contribution in [1.29, 1.82) is 0 Å². The number of halogens is 1. The van der Waals surface area contributed by atoms with Crippen LogP contribution in [0.3, 0.4) is 0 Å². The molecule has 1 aliphatic carbocycles. The molecular weight excluding hydrogens is 182 g/mol. The van der Waals surface area contributed by atoms with Gasteiger partial charge in [0, 0.05) is 24.4 Å². The fourth-order valence-electron chi connectivity index (χ4n) is 1.13. The lowest BCUT2D eigenvalue weighted by atomic mass is 10.2. The number of aliphatic imine (C=N–C) groups is 1. The second kappa shape index (κ2) is 4.27. The van der Waals surface area contributed by atoms with Crippen LogP contribution in [0.25, 0.3) is 0 Å². The van der Waals surface area contributed by atoms with Gasteiger partial charge in [-0.1, -0.05) is 11.6 Å². The lowest BCUT2D eigenvalue weighted by molar-refractivity contribution is 1.41. The van der Waals surface area contributed by atoms with Gasteiger partial charge in [-0.15, -0.1) is 5.73 Å². The molecule has 0 atom stereocenters. The fraction of sp³-hybridized carbons (Fsp3) is 0.273. The Kier molecular flexibility index (Phi) is 3.30. The maximum absolute atomic E-state index is 6.06. The Balaban J connectivity index is 3.21. The highest BCUT2D eigenvalue weighted by atomic mass is 35.5. The van der Waals surface area contributed by atoms with Crippen LogP contribution in [-0.4, -0.2) is 13.3 Å². The summed E-state index contributed by atoms with van der Waals surface area (Å²) in [5.74, 6) is 0. The highest BCUT2D eigenvalue weighted by Crippen LogP contribution is 2.22. The monoisotopic (exact) mass is 193 g/mol. The first-order valence-corrected chi connectivity index (χ1v) is 4.47. The van der Waals surface area contributed by atoms with Crippen molar-refractivity contribution < 1.29 is 0 Å². The Hall–Kier alpha value is -1.04. The first-order valence-electron chi connectivity index (χ1n) is 4.09. The van der Waals surface area contributed by atoms with Crippen LogP contribution in [0.4, 0.5) is 0 Å². The summed E-state index contributed by atoms with van der Waals surface area (Å²) >= 11 is 6.06. The van der Waals surface area contributed by atoms with E-state index in [4.69, 9.17) is 11.6 Å². The number of allylic oxidation sites excluding steroid dienone is 5. The lowest BCUT2D eigenvalue weighted by Gasteiger charge is -1.97. The molecule has 1 nitrogen and oxygen atoms in total. The Morgan fingerprint density at radius 2 is 2.15 bits per heavy atom. The Bertz CT molecular complexity index is 364. The van der Waals surface area contributed by atoms with E-state index in [1.807, 2.05) is 26.0 Å². The second-order valence-corrected chi connectivity index (χ2v) is 3.32. The maximum atomic E-state index is 6.06. The van der Waals surface area contributed by atoms with Crippen molar-refractivity contribution in [2.24, 2.45) is 4.99 Å². The average molecular weight is 194 g/mol. The number of hydrogen-bond acceptors (Lipinski definition) is 1. The predicted molar refractivity (Wildman–Crippen MR) is 58.3 cm³/mol. The first-order chi connectivity index (χ1) is 6.15. The molecule has 0 aliphatic heterocycles. The number of rotatable bonds is 1. The van der Waals surface area contributed by atoms with E-state index in [9.17, 15) is 0 Å². The van der Waals surface area contributed by atoms with Gasteiger partial charge in [-0.05, 0) is 31.6 Å². The molecule has 0 bridgehead atoms. The van der Waals surface area contributed by atoms with E-state index in [-0.39, 0.29) is 0 Å². The van der Waals surface area contributed by atoms with Crippen molar-refractivity contribution in [1.82, 2.24) is 0 Å². The maximum Gasteiger partial charge on any atom is 0.0541 e. The molecule has 0 heterocycles. The Labute approximate surface area is 83.8 Å². The summed E-state index contributed by atoms with van der Waals surface area (Å²) < 4.78 is 0. The average Bonchev–Trinajstić information content (AvgIpc) is 2.21. The summed E-state index contributed by atoms with van der Waals surface area (Å²) in [7, 11) is 1.75. The molecule has 1 rings (SSSR count). The van der Waals surface area contributed by atoms with Crippen LogP contribution < -0.4 is 0 Å². The third-order valence-electron chi connectivity index (χ3n) is 1.79. The highest BCUT2D eigenvalue weighted by molar-refractivity contribution is 6.32. The fourth-order valence-corrected chi connectivity index (χ4v) is 1.24. The van der Waals surface area contributed by atoms with Crippen molar-refractivity contribution >= 4 is 17.8 Å². The number of nitrogens with zero attached hydrogens (tertiary/aromatic N) is 1. The molecule has 0 aromatic carbocycles. The van der Waals surface area contributed by atoms with Crippen LogP contribution in [0, 0.1) is 0 Å². The minimum Gasteiger partial charge on any atom is -0.296 e. The molecule has 0 saturated carbocycles. The van der Waals surface area contributed by atoms with Crippen molar-refractivity contribution in [2.75, 3.05) is 7.05 Å². The summed E-state index contributed by atoms with van der Waals surface area (Å²) in [5.41, 5.74) is 6.14. The van der Waals surface area contributed by atoms with Crippen molar-refractivity contribution in [3.8, 4) is 0 Å². The van der Waals surface area contributed by atoms with Crippen LogP contribution >= 0.6 is 11.6 Å². The largest absolute Gasteiger partial charge is 0.296 e. The molecule has 68 valence electrons. The first kappa shape index (κ1) is 10.0. The third-order valence-corrected chi connectivity index (χ3v) is 2.37. The van der Waals surface area contributed by atoms with Gasteiger partial charge in [0.25, 0.3) is 0 Å². The topological polar surface area (TPSA) is 12.4 Å². The molecule has 0 saturated heterocycles. The van der Waals surface area contributed by atoms with Gasteiger partial charge < -0.3 is 0 Å². The quantitative estimate of drug-likeness (QED) is 0.448. The predicted octanol–water partition coefficient (Wildman–Crippen LogP) is 3.24. The van der Waals surface area contributed by atoms with Gasteiger partial charge in [-0.2, -0.15) is 0 Å². The van der Waals surface area contributed by atoms with Crippen LogP contribution in [0.5, 0.6) is 0 Å². The van der Waals surface area contributed by atoms with Crippen LogP contribution in [-0.2, 0) is 0 Å². The molecule has 0 spiro atoms. The standard InChI is InChI=1S/C11H12ClN/c1-8-4-5-10(7-13-3)6-9(2)11(8)12/h5-7H,1-3H3. The zero-order valence-electron chi connectivity index (χ0n) is 8.06. The van der Waals surface area contributed by atoms with E-state index in [1.165, 1.54) is 0 Å². The van der Waals surface area contributed by atoms with Crippen LogP contribution in [0.15, 0.2) is 44.6 Å². The third kappa shape index (κ3) is 2.45. The molecule has 0 aromatic rings. The lowest BCUT2D eigenvalue weighted by Crippen LogP contribution is -1.81. The van der Waals surface area contributed by atoms with Gasteiger partial charge in [0.05, 0.1) is 5.03 Å². The molecule has 13 heavy (non-hydrogen) atoms. The SMILES string of the molecule is CN=CC1=CC(C)=C(Cl)C(C)=C=C1. The molecule has 0 amide bonds. The Morgan fingerprint density at radius 1 is 1.46 bits per heavy atom. The van der Waals surface area contributed by atoms with Gasteiger partial charge in [0.2, 0.25) is 0 Å². The number of hydrogen-bond donors (Lipinski definition) is 0. The summed E-state index contributed by atoms with van der Waals surface area (Å²) in [6, 6.07) is 0. The Morgan fingerprint density at radius 3 is 2.77 bits per heavy atom. The smallest absolute Gasteiger partial charge is 0.0541 e. The van der Waals surface area contributed by atoms with Gasteiger partial charge in [0.15, 0.2) is 0 Å². The van der Waals surface area contributed by atoms with Crippen molar-refractivity contribution in [2.45, 2.75) is 13.8 Å². The minimum atomic E-state index is 0.774. The minimum absolute atomic E-state index is 0.774. The van der Waals surface area contributed by atoms with Crippen LogP contribution in [0.1, 0.15) is 13.8 Å². The second-order valence-electron chi connectivity index (χ2n) is 2.94. The molecule has 2 heteroatoms. The molecule has 1 aliphatic rings. The molecule has 0 unspecified atom stereocenters.